The van der Waals surface area contributed by atoms with Gasteiger partial charge in [-0.3, -0.25) is 9.59 Å². The molecule has 0 saturated heterocycles. The molecule has 1 aromatic heterocycles. The van der Waals surface area contributed by atoms with E-state index in [0.717, 1.165) is 23.8 Å². The number of nitrogens with two attached hydrogens (primary N) is 1. The summed E-state index contributed by atoms with van der Waals surface area (Å²) < 4.78 is 30.7. The number of hydrogen-bond donors (Lipinski definition) is 3. The molecule has 2 atom stereocenters. The van der Waals surface area contributed by atoms with E-state index < -0.39 is 47.6 Å². The zero-order valence-electron chi connectivity index (χ0n) is 22.8. The molecule has 2 amide bonds. The highest BCUT2D eigenvalue weighted by molar-refractivity contribution is 5.79. The second kappa shape index (κ2) is 12.9. The van der Waals surface area contributed by atoms with E-state index in [2.05, 4.69) is 5.32 Å². The van der Waals surface area contributed by atoms with Gasteiger partial charge in [0.1, 0.15) is 24.1 Å². The lowest BCUT2D eigenvalue weighted by atomic mass is 9.84. The molecule has 0 aliphatic heterocycles. The molecule has 3 rings (SSSR count). The molecule has 2 aromatic carbocycles. The number of halogens is 2. The van der Waals surface area contributed by atoms with Gasteiger partial charge in [0.25, 0.3) is 0 Å². The normalized spacial score (nSPS) is 13.2. The number of aromatic nitrogens is 2. The third kappa shape index (κ3) is 7.70. The van der Waals surface area contributed by atoms with Crippen molar-refractivity contribution in [2.45, 2.75) is 52.7 Å². The molecule has 0 saturated carbocycles. The van der Waals surface area contributed by atoms with Gasteiger partial charge >= 0.3 is 0 Å². The Hall–Kier alpha value is -3.63. The first-order chi connectivity index (χ1) is 18.4. The van der Waals surface area contributed by atoms with Crippen LogP contribution >= 0.6 is 0 Å². The summed E-state index contributed by atoms with van der Waals surface area (Å²) in [5, 5.41) is 12.9. The molecule has 3 aromatic rings. The number of amides is 2. The number of carbonyl (C=O) groups excluding carboxylic acids is 2. The number of primary amides is 1. The Morgan fingerprint density at radius 3 is 2.46 bits per heavy atom. The molecular weight excluding hydrogens is 504 g/mol. The Morgan fingerprint density at radius 2 is 1.85 bits per heavy atom. The van der Waals surface area contributed by atoms with Crippen LogP contribution < -0.4 is 11.1 Å². The van der Waals surface area contributed by atoms with Crippen LogP contribution in [0.25, 0.3) is 11.3 Å². The fraction of sp³-hybridized carbons (Fsp3) is 0.414. The van der Waals surface area contributed by atoms with E-state index in [1.807, 2.05) is 55.7 Å². The molecule has 0 aliphatic carbocycles. The Morgan fingerprint density at radius 1 is 1.15 bits per heavy atom. The topological polar surface area (TPSA) is 113 Å². The smallest absolute Gasteiger partial charge is 0.248 e. The van der Waals surface area contributed by atoms with E-state index in [1.54, 1.807) is 18.0 Å². The predicted molar refractivity (Wildman–Crippen MR) is 145 cm³/mol. The third-order valence-electron chi connectivity index (χ3n) is 6.49. The van der Waals surface area contributed by atoms with Crippen molar-refractivity contribution < 1.29 is 23.5 Å². The molecular formula is C29H37F2N5O3. The molecule has 0 spiro atoms. The van der Waals surface area contributed by atoms with Gasteiger partial charge in [0.2, 0.25) is 11.8 Å². The highest BCUT2D eigenvalue weighted by Gasteiger charge is 2.38. The number of rotatable bonds is 12. The first-order valence-corrected chi connectivity index (χ1v) is 12.9. The molecule has 0 aliphatic rings. The fourth-order valence-corrected chi connectivity index (χ4v) is 4.53. The van der Waals surface area contributed by atoms with Crippen molar-refractivity contribution in [1.82, 2.24) is 19.8 Å². The maximum Gasteiger partial charge on any atom is 0.248 e. The molecule has 1 heterocycles. The number of nitrogens with zero attached hydrogens (tertiary/aromatic N) is 3. The van der Waals surface area contributed by atoms with Gasteiger partial charge in [0.05, 0.1) is 17.8 Å². The van der Waals surface area contributed by atoms with Crippen LogP contribution in [0.1, 0.15) is 51.5 Å². The molecule has 10 heteroatoms. The molecule has 4 N–H and O–H groups in total. The van der Waals surface area contributed by atoms with Crippen LogP contribution in [0, 0.1) is 17.0 Å². The van der Waals surface area contributed by atoms with E-state index in [1.165, 1.54) is 0 Å². The maximum atomic E-state index is 14.8. The van der Waals surface area contributed by atoms with Crippen LogP contribution in [-0.2, 0) is 16.1 Å². The Bertz CT molecular complexity index is 1270. The van der Waals surface area contributed by atoms with E-state index in [-0.39, 0.29) is 17.8 Å². The van der Waals surface area contributed by atoms with Gasteiger partial charge < -0.3 is 25.6 Å². The summed E-state index contributed by atoms with van der Waals surface area (Å²) in [5.74, 6) is -1.70. The second-order valence-corrected chi connectivity index (χ2v) is 10.7. The SMILES string of the molecule is C[C@H](NCCCN(C(=O)CO)[C@@H](c1nc(-c2cc(F)ccc2F)cn1Cc1ccccc1)C(C)(C)C)C(N)=O. The Labute approximate surface area is 227 Å². The first kappa shape index (κ1) is 29.9. The van der Waals surface area contributed by atoms with Gasteiger partial charge in [-0.25, -0.2) is 13.8 Å². The number of imidazole rings is 1. The number of aliphatic hydroxyl groups is 1. The molecule has 8 nitrogen and oxygen atoms in total. The lowest BCUT2D eigenvalue weighted by molar-refractivity contribution is -0.139. The summed E-state index contributed by atoms with van der Waals surface area (Å²) >= 11 is 0. The number of hydrogen-bond acceptors (Lipinski definition) is 5. The number of benzene rings is 2. The van der Waals surface area contributed by atoms with Crippen molar-refractivity contribution in [3.8, 4) is 11.3 Å². The van der Waals surface area contributed by atoms with Crippen LogP contribution in [0.3, 0.4) is 0 Å². The van der Waals surface area contributed by atoms with Crippen molar-refractivity contribution in [2.24, 2.45) is 11.1 Å². The molecule has 0 bridgehead atoms. The lowest BCUT2D eigenvalue weighted by Gasteiger charge is -2.40. The molecule has 0 radical (unpaired) electrons. The predicted octanol–water partition coefficient (Wildman–Crippen LogP) is 3.64. The highest BCUT2D eigenvalue weighted by Crippen LogP contribution is 2.39. The molecule has 210 valence electrons. The van der Waals surface area contributed by atoms with Crippen LogP contribution in [0.4, 0.5) is 8.78 Å². The second-order valence-electron chi connectivity index (χ2n) is 10.7. The minimum Gasteiger partial charge on any atom is -0.387 e. The Kier molecular flexibility index (Phi) is 9.93. The first-order valence-electron chi connectivity index (χ1n) is 12.9. The minimum atomic E-state index is -0.706. The van der Waals surface area contributed by atoms with Crippen molar-refractivity contribution in [1.29, 1.82) is 0 Å². The van der Waals surface area contributed by atoms with E-state index in [4.69, 9.17) is 10.7 Å². The van der Waals surface area contributed by atoms with Crippen LogP contribution in [0.15, 0.2) is 54.7 Å². The zero-order chi connectivity index (χ0) is 28.7. The van der Waals surface area contributed by atoms with Crippen molar-refractivity contribution in [2.75, 3.05) is 19.7 Å². The van der Waals surface area contributed by atoms with E-state index in [0.29, 0.717) is 25.3 Å². The minimum absolute atomic E-state index is 0.0143. The highest BCUT2D eigenvalue weighted by atomic mass is 19.1. The summed E-state index contributed by atoms with van der Waals surface area (Å²) in [6.45, 7) is 7.85. The number of nitrogens with one attached hydrogen (secondary N) is 1. The van der Waals surface area contributed by atoms with E-state index >= 15 is 0 Å². The van der Waals surface area contributed by atoms with Crippen LogP contribution in [0.2, 0.25) is 0 Å². The zero-order valence-corrected chi connectivity index (χ0v) is 22.8. The standard InChI is InChI=1S/C29H37F2N5O3/c1-19(27(32)39)33-13-8-14-36(25(38)18-37)26(29(2,3)4)28-34-24(22-15-21(30)11-12-23(22)31)17-35(28)16-20-9-6-5-7-10-20/h5-7,9-12,15,17,19,26,33,37H,8,13-14,16,18H2,1-4H3,(H2,32,39)/t19-,26-/m0/s1. The lowest BCUT2D eigenvalue weighted by Crippen LogP contribution is -2.45. The summed E-state index contributed by atoms with van der Waals surface area (Å²) in [6.07, 6.45) is 2.14. The summed E-state index contributed by atoms with van der Waals surface area (Å²) in [6, 6.07) is 11.7. The maximum absolute atomic E-state index is 14.8. The average Bonchev–Trinajstić information content (AvgIpc) is 3.28. The van der Waals surface area contributed by atoms with Crippen LogP contribution in [0.5, 0.6) is 0 Å². The van der Waals surface area contributed by atoms with Gasteiger partial charge in [-0.15, -0.1) is 0 Å². The summed E-state index contributed by atoms with van der Waals surface area (Å²) in [7, 11) is 0. The molecule has 0 fully saturated rings. The monoisotopic (exact) mass is 541 g/mol. The van der Waals surface area contributed by atoms with Gasteiger partial charge in [0, 0.05) is 24.8 Å². The number of carbonyl (C=O) groups is 2. The largest absolute Gasteiger partial charge is 0.387 e. The van der Waals surface area contributed by atoms with Gasteiger partial charge in [-0.05, 0) is 49.1 Å². The average molecular weight is 542 g/mol. The summed E-state index contributed by atoms with van der Waals surface area (Å²) in [4.78, 5) is 30.8. The van der Waals surface area contributed by atoms with Gasteiger partial charge in [-0.1, -0.05) is 51.1 Å². The van der Waals surface area contributed by atoms with Crippen molar-refractivity contribution in [3.63, 3.8) is 0 Å². The number of aliphatic hydroxyl groups excluding tert-OH is 1. The van der Waals surface area contributed by atoms with Crippen molar-refractivity contribution in [3.05, 3.63) is 77.8 Å². The van der Waals surface area contributed by atoms with Gasteiger partial charge in [-0.2, -0.15) is 0 Å². The molecule has 0 unspecified atom stereocenters. The summed E-state index contributed by atoms with van der Waals surface area (Å²) in [5.41, 5.74) is 5.97. The van der Waals surface area contributed by atoms with Crippen molar-refractivity contribution >= 4 is 11.8 Å². The Balaban J connectivity index is 2.08. The quantitative estimate of drug-likeness (QED) is 0.303. The van der Waals surface area contributed by atoms with Crippen LogP contribution in [-0.4, -0.2) is 57.1 Å². The third-order valence-corrected chi connectivity index (χ3v) is 6.49. The van der Waals surface area contributed by atoms with Gasteiger partial charge in [0.15, 0.2) is 0 Å². The molecule has 39 heavy (non-hydrogen) atoms. The fourth-order valence-electron chi connectivity index (χ4n) is 4.53. The van der Waals surface area contributed by atoms with E-state index in [9.17, 15) is 23.5 Å².